The highest BCUT2D eigenvalue weighted by Crippen LogP contribution is 2.13. The fourth-order valence-electron chi connectivity index (χ4n) is 0.944. The first kappa shape index (κ1) is 12.5. The van der Waals surface area contributed by atoms with Crippen molar-refractivity contribution in [3.63, 3.8) is 0 Å². The van der Waals surface area contributed by atoms with Gasteiger partial charge in [0.25, 0.3) is 5.91 Å². The van der Waals surface area contributed by atoms with Gasteiger partial charge < -0.3 is 5.32 Å². The predicted octanol–water partition coefficient (Wildman–Crippen LogP) is 2.73. The van der Waals surface area contributed by atoms with Crippen molar-refractivity contribution < 1.29 is 9.18 Å². The van der Waals surface area contributed by atoms with Crippen molar-refractivity contribution in [2.24, 2.45) is 0 Å². The van der Waals surface area contributed by atoms with Gasteiger partial charge in [0.2, 0.25) is 0 Å². The molecule has 0 spiro atoms. The van der Waals surface area contributed by atoms with Crippen LogP contribution in [-0.4, -0.2) is 5.91 Å². The van der Waals surface area contributed by atoms with E-state index in [-0.39, 0.29) is 15.8 Å². The molecule has 0 heterocycles. The molecule has 0 saturated carbocycles. The maximum absolute atomic E-state index is 13.2. The smallest absolute Gasteiger partial charge is 0.259 e. The van der Waals surface area contributed by atoms with Gasteiger partial charge in [0.15, 0.2) is 5.70 Å². The van der Waals surface area contributed by atoms with Gasteiger partial charge in [0.05, 0.1) is 5.56 Å². The van der Waals surface area contributed by atoms with E-state index in [1.54, 1.807) is 6.07 Å². The molecule has 0 radical (unpaired) electrons. The third kappa shape index (κ3) is 2.96. The summed E-state index contributed by atoms with van der Waals surface area (Å²) in [5.74, 6) is -1.48. The van der Waals surface area contributed by atoms with E-state index in [0.29, 0.717) is 0 Å². The van der Waals surface area contributed by atoms with E-state index in [9.17, 15) is 9.18 Å². The van der Waals surface area contributed by atoms with Crippen molar-refractivity contribution in [2.75, 3.05) is 0 Å². The molecule has 0 aliphatic heterocycles. The van der Waals surface area contributed by atoms with Crippen LogP contribution in [0.2, 0.25) is 0 Å². The molecular weight excluding hydrogens is 254 g/mol. The van der Waals surface area contributed by atoms with Gasteiger partial charge in [0.1, 0.15) is 16.4 Å². The molecule has 0 fully saturated rings. The van der Waals surface area contributed by atoms with Crippen LogP contribution < -0.4 is 5.32 Å². The molecule has 82 valence electrons. The number of nitrogens with zero attached hydrogens (tertiary/aromatic N) is 1. The van der Waals surface area contributed by atoms with Gasteiger partial charge >= 0.3 is 0 Å². The van der Waals surface area contributed by atoms with Gasteiger partial charge in [-0.2, -0.15) is 5.26 Å². The number of nitrogens with one attached hydrogen (secondary N) is 1. The second-order valence-corrected chi connectivity index (χ2v) is 3.63. The molecule has 1 amide bonds. The molecule has 1 aromatic carbocycles. The number of halogens is 3. The van der Waals surface area contributed by atoms with Crippen molar-refractivity contribution >= 4 is 29.1 Å². The highest BCUT2D eigenvalue weighted by molar-refractivity contribution is 6.56. The molecule has 0 bridgehead atoms. The lowest BCUT2D eigenvalue weighted by Crippen LogP contribution is -2.23. The second-order valence-electron chi connectivity index (χ2n) is 2.68. The number of carbonyl (C=O) groups is 1. The molecule has 0 unspecified atom stereocenters. The standard InChI is InChI=1S/C10H5Cl2FN2O/c11-9(12)8(5-14)15-10(16)6-3-1-2-4-7(6)13/h1-4H,(H,15,16). The van der Waals surface area contributed by atoms with E-state index >= 15 is 0 Å². The third-order valence-electron chi connectivity index (χ3n) is 1.66. The van der Waals surface area contributed by atoms with Gasteiger partial charge in [-0.1, -0.05) is 35.3 Å². The summed E-state index contributed by atoms with van der Waals surface area (Å²) in [6.07, 6.45) is 0. The lowest BCUT2D eigenvalue weighted by atomic mass is 10.2. The van der Waals surface area contributed by atoms with E-state index in [2.05, 4.69) is 5.32 Å². The van der Waals surface area contributed by atoms with Gasteiger partial charge in [-0.3, -0.25) is 4.79 Å². The van der Waals surface area contributed by atoms with Crippen LogP contribution in [-0.2, 0) is 0 Å². The molecule has 16 heavy (non-hydrogen) atoms. The summed E-state index contributed by atoms with van der Waals surface area (Å²) >= 11 is 10.7. The monoisotopic (exact) mass is 258 g/mol. The number of amides is 1. The van der Waals surface area contributed by atoms with Crippen LogP contribution in [0, 0.1) is 17.1 Å². The van der Waals surface area contributed by atoms with Crippen LogP contribution in [0.15, 0.2) is 34.5 Å². The van der Waals surface area contributed by atoms with Crippen molar-refractivity contribution in [1.82, 2.24) is 5.32 Å². The average molecular weight is 259 g/mol. The number of carbonyl (C=O) groups excluding carboxylic acids is 1. The van der Waals surface area contributed by atoms with Crippen LogP contribution in [0.25, 0.3) is 0 Å². The minimum Gasteiger partial charge on any atom is -0.311 e. The first-order chi connectivity index (χ1) is 7.56. The van der Waals surface area contributed by atoms with E-state index in [1.165, 1.54) is 18.2 Å². The van der Waals surface area contributed by atoms with Crippen molar-refractivity contribution in [3.05, 3.63) is 45.8 Å². The summed E-state index contributed by atoms with van der Waals surface area (Å²) in [4.78, 5) is 11.5. The summed E-state index contributed by atoms with van der Waals surface area (Å²) in [6.45, 7) is 0. The SMILES string of the molecule is N#CC(NC(=O)c1ccccc1F)=C(Cl)Cl. The third-order valence-corrected chi connectivity index (χ3v) is 2.04. The maximum Gasteiger partial charge on any atom is 0.259 e. The van der Waals surface area contributed by atoms with Gasteiger partial charge in [-0.05, 0) is 12.1 Å². The number of nitriles is 1. The molecule has 0 aliphatic rings. The molecule has 1 rings (SSSR count). The number of hydrogen-bond acceptors (Lipinski definition) is 2. The fourth-order valence-corrected chi connectivity index (χ4v) is 1.12. The highest BCUT2D eigenvalue weighted by Gasteiger charge is 2.13. The van der Waals surface area contributed by atoms with Crippen LogP contribution >= 0.6 is 23.2 Å². The number of hydrogen-bond donors (Lipinski definition) is 1. The first-order valence-corrected chi connectivity index (χ1v) is 4.83. The average Bonchev–Trinajstić information content (AvgIpc) is 2.25. The highest BCUT2D eigenvalue weighted by atomic mass is 35.5. The lowest BCUT2D eigenvalue weighted by molar-refractivity contribution is 0.0963. The Hall–Kier alpha value is -1.57. The Bertz CT molecular complexity index is 490. The lowest BCUT2D eigenvalue weighted by Gasteiger charge is -2.04. The Kier molecular flexibility index (Phi) is 4.29. The Morgan fingerprint density at radius 3 is 2.50 bits per heavy atom. The molecule has 3 nitrogen and oxygen atoms in total. The normalized spacial score (nSPS) is 9.12. The molecular formula is C10H5Cl2FN2O. The Morgan fingerprint density at radius 1 is 1.38 bits per heavy atom. The van der Waals surface area contributed by atoms with Crippen LogP contribution in [0.1, 0.15) is 10.4 Å². The fraction of sp³-hybridized carbons (Fsp3) is 0. The quantitative estimate of drug-likeness (QED) is 0.830. The zero-order valence-corrected chi connectivity index (χ0v) is 9.31. The maximum atomic E-state index is 13.2. The number of allylic oxidation sites excluding steroid dienone is 1. The van der Waals surface area contributed by atoms with Gasteiger partial charge in [-0.15, -0.1) is 0 Å². The zero-order valence-electron chi connectivity index (χ0n) is 7.80. The zero-order chi connectivity index (χ0) is 12.1. The van der Waals surface area contributed by atoms with Crippen LogP contribution in [0.4, 0.5) is 4.39 Å². The molecule has 0 aliphatic carbocycles. The number of rotatable bonds is 2. The predicted molar refractivity (Wildman–Crippen MR) is 58.2 cm³/mol. The van der Waals surface area contributed by atoms with E-state index in [1.807, 2.05) is 0 Å². The minimum atomic E-state index is -0.784. The summed E-state index contributed by atoms with van der Waals surface area (Å²) < 4.78 is 12.8. The number of benzene rings is 1. The van der Waals surface area contributed by atoms with E-state index in [4.69, 9.17) is 28.5 Å². The van der Waals surface area contributed by atoms with Gasteiger partial charge in [0, 0.05) is 0 Å². The second kappa shape index (κ2) is 5.50. The Balaban J connectivity index is 2.95. The summed E-state index contributed by atoms with van der Waals surface area (Å²) in [5.41, 5.74) is -0.513. The summed E-state index contributed by atoms with van der Waals surface area (Å²) in [7, 11) is 0. The molecule has 1 N–H and O–H groups in total. The summed E-state index contributed by atoms with van der Waals surface area (Å²) in [6, 6.07) is 6.94. The first-order valence-electron chi connectivity index (χ1n) is 4.07. The molecule has 6 heteroatoms. The Morgan fingerprint density at radius 2 is 2.00 bits per heavy atom. The minimum absolute atomic E-state index is 0.190. The molecule has 0 atom stereocenters. The molecule has 0 aromatic heterocycles. The molecule has 1 aromatic rings. The van der Waals surface area contributed by atoms with Crippen molar-refractivity contribution in [3.8, 4) is 6.07 Å². The Labute approximate surface area is 101 Å². The topological polar surface area (TPSA) is 52.9 Å². The summed E-state index contributed by atoms with van der Waals surface area (Å²) in [5, 5.41) is 10.7. The largest absolute Gasteiger partial charge is 0.311 e. The van der Waals surface area contributed by atoms with Gasteiger partial charge in [-0.25, -0.2) is 4.39 Å². The van der Waals surface area contributed by atoms with Crippen molar-refractivity contribution in [2.45, 2.75) is 0 Å². The molecule has 0 saturated heterocycles. The van der Waals surface area contributed by atoms with Crippen LogP contribution in [0.3, 0.4) is 0 Å². The van der Waals surface area contributed by atoms with Crippen molar-refractivity contribution in [1.29, 1.82) is 5.26 Å². The van der Waals surface area contributed by atoms with Crippen LogP contribution in [0.5, 0.6) is 0 Å². The van der Waals surface area contributed by atoms with E-state index < -0.39 is 11.7 Å². The van der Waals surface area contributed by atoms with E-state index in [0.717, 1.165) is 6.07 Å².